The molecule has 1 heteroatoms. The zero-order chi connectivity index (χ0) is 59.3. The smallest absolute Gasteiger partial charge is 0.143 e. The third kappa shape index (κ3) is 7.44. The van der Waals surface area contributed by atoms with E-state index < -0.39 is 0 Å². The summed E-state index contributed by atoms with van der Waals surface area (Å²) in [5.74, 6) is 0. The van der Waals surface area contributed by atoms with Crippen LogP contribution in [0.1, 0.15) is 25.0 Å². The van der Waals surface area contributed by atoms with Crippen molar-refractivity contribution in [3.63, 3.8) is 0 Å². The van der Waals surface area contributed by atoms with Crippen molar-refractivity contribution < 1.29 is 4.42 Å². The van der Waals surface area contributed by atoms with Crippen LogP contribution in [0.25, 0.3) is 186 Å². The Morgan fingerprint density at radius 2 is 0.633 bits per heavy atom. The Morgan fingerprint density at radius 3 is 1.23 bits per heavy atom. The summed E-state index contributed by atoms with van der Waals surface area (Å²) < 4.78 is 6.55. The van der Waals surface area contributed by atoms with Crippen molar-refractivity contribution >= 4 is 119 Å². The fourth-order valence-electron chi connectivity index (χ4n) is 16.0. The molecule has 0 unspecified atom stereocenters. The van der Waals surface area contributed by atoms with Crippen LogP contribution in [0, 0.1) is 0 Å². The van der Waals surface area contributed by atoms with E-state index in [1.807, 2.05) is 0 Å². The molecule has 0 atom stereocenters. The van der Waals surface area contributed by atoms with Crippen LogP contribution in [-0.4, -0.2) is 0 Å². The fraction of sp³-hybridized carbons (Fsp3) is 0.0337. The molecule has 1 nitrogen and oxygen atoms in total. The molecule has 418 valence electrons. The van der Waals surface area contributed by atoms with Gasteiger partial charge in [0.2, 0.25) is 0 Å². The molecule has 0 saturated heterocycles. The van der Waals surface area contributed by atoms with Crippen LogP contribution in [0.5, 0.6) is 0 Å². The third-order valence-corrected chi connectivity index (χ3v) is 20.2. The summed E-state index contributed by atoms with van der Waals surface area (Å²) in [6, 6.07) is 112. The second kappa shape index (κ2) is 19.3. The summed E-state index contributed by atoms with van der Waals surface area (Å²) in [4.78, 5) is 0. The molecule has 90 heavy (non-hydrogen) atoms. The Balaban J connectivity index is 0.000000138. The van der Waals surface area contributed by atoms with Gasteiger partial charge in [-0.3, -0.25) is 0 Å². The van der Waals surface area contributed by atoms with Gasteiger partial charge in [0.15, 0.2) is 0 Å². The van der Waals surface area contributed by atoms with Crippen molar-refractivity contribution in [2.75, 3.05) is 0 Å². The molecule has 19 aromatic rings. The van der Waals surface area contributed by atoms with Gasteiger partial charge >= 0.3 is 0 Å². The van der Waals surface area contributed by atoms with Gasteiger partial charge in [0.25, 0.3) is 0 Å². The molecule has 0 fully saturated rings. The second-order valence-electron chi connectivity index (χ2n) is 25.3. The zero-order valence-electron chi connectivity index (χ0n) is 49.8. The predicted octanol–water partition coefficient (Wildman–Crippen LogP) is 25.2. The Morgan fingerprint density at radius 1 is 0.222 bits per heavy atom. The van der Waals surface area contributed by atoms with Gasteiger partial charge in [0.1, 0.15) is 11.2 Å². The fourth-order valence-corrected chi connectivity index (χ4v) is 16.0. The number of benzene rings is 18. The predicted molar refractivity (Wildman–Crippen MR) is 385 cm³/mol. The molecule has 0 amide bonds. The molecule has 1 heterocycles. The third-order valence-electron chi connectivity index (χ3n) is 20.2. The number of hydrogen-bond acceptors (Lipinski definition) is 1. The van der Waals surface area contributed by atoms with Crippen molar-refractivity contribution in [2.45, 2.75) is 19.3 Å². The first-order chi connectivity index (χ1) is 44.4. The molecule has 0 saturated carbocycles. The Labute approximate surface area is 520 Å². The summed E-state index contributed by atoms with van der Waals surface area (Å²) in [5.41, 5.74) is 19.9. The Hall–Kier alpha value is -11.4. The molecular weight excluding hydrogens is 1080 g/mol. The minimum Gasteiger partial charge on any atom is -0.455 e. The molecular formula is C89H56O. The van der Waals surface area contributed by atoms with Gasteiger partial charge < -0.3 is 4.42 Å². The SMILES string of the molecule is CC1(C)c2cc(-c3ccc(-c4ccc5ccc6cccc7ccc4c5c67)cc3)ccc2-c2ccc(-c3ccc4ccc5cccc6ccc3c4c56)cc21.c1ccc(-c2c3ccccc3c(-c3cccc4oc5c6ccccc6ccc5c34)c3ccccc23)cc1. The summed E-state index contributed by atoms with van der Waals surface area (Å²) in [7, 11) is 0. The highest BCUT2D eigenvalue weighted by atomic mass is 16.3. The summed E-state index contributed by atoms with van der Waals surface area (Å²) in [6.45, 7) is 4.79. The lowest BCUT2D eigenvalue weighted by Gasteiger charge is -2.23. The Bertz CT molecular complexity index is 6070. The molecule has 20 rings (SSSR count). The van der Waals surface area contributed by atoms with Gasteiger partial charge in [-0.15, -0.1) is 0 Å². The molecule has 1 aliphatic carbocycles. The minimum atomic E-state index is -0.123. The van der Waals surface area contributed by atoms with Gasteiger partial charge in [0, 0.05) is 21.6 Å². The lowest BCUT2D eigenvalue weighted by molar-refractivity contribution is 0.661. The van der Waals surface area contributed by atoms with Gasteiger partial charge in [-0.1, -0.05) is 293 Å². The molecule has 1 aromatic heterocycles. The van der Waals surface area contributed by atoms with Crippen LogP contribution in [-0.2, 0) is 5.41 Å². The number of rotatable bonds is 5. The maximum absolute atomic E-state index is 6.55. The monoisotopic (exact) mass is 1140 g/mol. The van der Waals surface area contributed by atoms with Crippen molar-refractivity contribution in [3.05, 3.63) is 314 Å². The summed E-state index contributed by atoms with van der Waals surface area (Å²) in [5, 5.41) is 25.6. The maximum atomic E-state index is 6.55. The van der Waals surface area contributed by atoms with E-state index >= 15 is 0 Å². The first kappa shape index (κ1) is 50.7. The van der Waals surface area contributed by atoms with Crippen LogP contribution in [0.15, 0.2) is 308 Å². The first-order valence-electron chi connectivity index (χ1n) is 31.5. The molecule has 0 aliphatic heterocycles. The van der Waals surface area contributed by atoms with Crippen LogP contribution in [0.4, 0.5) is 0 Å². The van der Waals surface area contributed by atoms with Gasteiger partial charge in [-0.05, 0) is 194 Å². The molecule has 18 aromatic carbocycles. The van der Waals surface area contributed by atoms with Crippen LogP contribution in [0.2, 0.25) is 0 Å². The maximum Gasteiger partial charge on any atom is 0.143 e. The van der Waals surface area contributed by atoms with Crippen LogP contribution >= 0.6 is 0 Å². The highest BCUT2D eigenvalue weighted by molar-refractivity contribution is 6.29. The average Bonchev–Trinajstić information content (AvgIpc) is 1.49. The summed E-state index contributed by atoms with van der Waals surface area (Å²) >= 11 is 0. The normalized spacial score (nSPS) is 12.9. The highest BCUT2D eigenvalue weighted by Gasteiger charge is 2.36. The highest BCUT2D eigenvalue weighted by Crippen LogP contribution is 2.53. The summed E-state index contributed by atoms with van der Waals surface area (Å²) in [6.07, 6.45) is 0. The number of furan rings is 1. The van der Waals surface area contributed by atoms with Crippen molar-refractivity contribution in [3.8, 4) is 66.8 Å². The second-order valence-corrected chi connectivity index (χ2v) is 25.3. The molecule has 0 bridgehead atoms. The van der Waals surface area contributed by atoms with Crippen molar-refractivity contribution in [1.29, 1.82) is 0 Å². The lowest BCUT2D eigenvalue weighted by Crippen LogP contribution is -2.15. The van der Waals surface area contributed by atoms with Crippen molar-refractivity contribution in [2.24, 2.45) is 0 Å². The minimum absolute atomic E-state index is 0.123. The number of fused-ring (bicyclic) bond motifs is 10. The van der Waals surface area contributed by atoms with E-state index in [4.69, 9.17) is 4.42 Å². The van der Waals surface area contributed by atoms with E-state index in [1.165, 1.54) is 175 Å². The van der Waals surface area contributed by atoms with Gasteiger partial charge in [0.05, 0.1) is 0 Å². The molecule has 0 spiro atoms. The van der Waals surface area contributed by atoms with E-state index in [-0.39, 0.29) is 5.41 Å². The van der Waals surface area contributed by atoms with Crippen LogP contribution in [0.3, 0.4) is 0 Å². The van der Waals surface area contributed by atoms with E-state index in [0.29, 0.717) is 0 Å². The topological polar surface area (TPSA) is 13.1 Å². The van der Waals surface area contributed by atoms with Gasteiger partial charge in [-0.25, -0.2) is 0 Å². The largest absolute Gasteiger partial charge is 0.455 e. The first-order valence-corrected chi connectivity index (χ1v) is 31.5. The van der Waals surface area contributed by atoms with Crippen molar-refractivity contribution in [1.82, 2.24) is 0 Å². The average molecular weight is 1140 g/mol. The van der Waals surface area contributed by atoms with Gasteiger partial charge in [-0.2, -0.15) is 0 Å². The quantitative estimate of drug-likeness (QED) is 0.124. The molecule has 0 N–H and O–H groups in total. The zero-order valence-corrected chi connectivity index (χ0v) is 49.8. The number of hydrogen-bond donors (Lipinski definition) is 0. The molecule has 1 aliphatic rings. The van der Waals surface area contributed by atoms with E-state index in [0.717, 1.165) is 21.9 Å². The standard InChI is InChI=1S/C53H34.C36H22O/c1-53(2)47-29-39(31-9-11-32(12-10-31)41-23-17-37-15-13-33-5-3-7-35-19-27-45(41)51(37)49(33)35)21-25-43(47)44-26-22-40(30-48(44)53)42-24-18-38-16-14-34-6-4-8-36-20-28-46(42)52(38)50(34)36;1-2-12-24(13-3-1)33-26-15-6-8-17-28(26)34(29-18-9-7-16-27(29)33)30-19-10-20-32-35(30)31-22-21-23-11-4-5-14-25(23)36(31)37-32/h3-30H,1-2H3;1-22H. The van der Waals surface area contributed by atoms with E-state index in [2.05, 4.69) is 317 Å². The van der Waals surface area contributed by atoms with E-state index in [9.17, 15) is 0 Å². The Kier molecular flexibility index (Phi) is 10.9. The molecule has 0 radical (unpaired) electrons. The van der Waals surface area contributed by atoms with E-state index in [1.54, 1.807) is 0 Å². The lowest BCUT2D eigenvalue weighted by atomic mass is 9.80. The van der Waals surface area contributed by atoms with Crippen LogP contribution < -0.4 is 0 Å².